The highest BCUT2D eigenvalue weighted by Crippen LogP contribution is 2.40. The van der Waals surface area contributed by atoms with Crippen molar-refractivity contribution in [3.63, 3.8) is 0 Å². The summed E-state index contributed by atoms with van der Waals surface area (Å²) in [6.07, 6.45) is 0. The van der Waals surface area contributed by atoms with Crippen molar-refractivity contribution in [2.45, 2.75) is 17.3 Å². The van der Waals surface area contributed by atoms with Crippen molar-refractivity contribution >= 4 is 43.1 Å². The first-order chi connectivity index (χ1) is 12.4. The van der Waals surface area contributed by atoms with Gasteiger partial charge in [-0.25, -0.2) is 12.8 Å². The third kappa shape index (κ3) is 4.36. The second-order valence-corrected chi connectivity index (χ2v) is 8.23. The van der Waals surface area contributed by atoms with E-state index in [0.717, 1.165) is 25.1 Å². The lowest BCUT2D eigenvalue weighted by molar-refractivity contribution is -0.0436. The van der Waals surface area contributed by atoms with Crippen LogP contribution in [0.2, 0.25) is 5.02 Å². The molecule has 0 aliphatic rings. The molecule has 0 bridgehead atoms. The Morgan fingerprint density at radius 1 is 1.26 bits per heavy atom. The van der Waals surface area contributed by atoms with Crippen LogP contribution in [-0.2, 0) is 9.84 Å². The van der Waals surface area contributed by atoms with Crippen LogP contribution < -0.4 is 4.74 Å². The van der Waals surface area contributed by atoms with Crippen molar-refractivity contribution in [2.24, 2.45) is 5.16 Å². The number of sulfone groups is 1. The highest BCUT2D eigenvalue weighted by Gasteiger charge is 2.48. The molecule has 0 atom stereocenters. The van der Waals surface area contributed by atoms with Crippen LogP contribution in [0, 0.1) is 5.82 Å². The summed E-state index contributed by atoms with van der Waals surface area (Å²) in [4.78, 5) is -1.14. The lowest BCUT2D eigenvalue weighted by atomic mass is 10.1. The minimum absolute atomic E-state index is 0.00529. The largest absolute Gasteiger partial charge is 0.501 e. The van der Waals surface area contributed by atoms with Gasteiger partial charge in [0, 0.05) is 16.7 Å². The van der Waals surface area contributed by atoms with Gasteiger partial charge in [-0.05, 0) is 47.1 Å². The van der Waals surface area contributed by atoms with Gasteiger partial charge in [-0.1, -0.05) is 16.8 Å². The molecule has 27 heavy (non-hydrogen) atoms. The van der Waals surface area contributed by atoms with Gasteiger partial charge in [0.05, 0.1) is 15.1 Å². The molecular weight excluding hydrogens is 482 g/mol. The number of hydrogen-bond acceptors (Lipinski definition) is 5. The first kappa shape index (κ1) is 21.5. The lowest BCUT2D eigenvalue weighted by Gasteiger charge is -2.16. The number of oxime groups is 1. The summed E-state index contributed by atoms with van der Waals surface area (Å²) in [5.74, 6) is -0.967. The van der Waals surface area contributed by atoms with Crippen molar-refractivity contribution in [1.29, 1.82) is 0 Å². The van der Waals surface area contributed by atoms with E-state index in [9.17, 15) is 26.0 Å². The van der Waals surface area contributed by atoms with Crippen LogP contribution in [0.4, 0.5) is 17.6 Å². The zero-order chi connectivity index (χ0) is 20.6. The number of rotatable bonds is 4. The van der Waals surface area contributed by atoms with Crippen LogP contribution in [0.3, 0.4) is 0 Å². The lowest BCUT2D eigenvalue weighted by Crippen LogP contribution is -2.25. The van der Waals surface area contributed by atoms with Crippen LogP contribution in [0.5, 0.6) is 11.5 Å². The van der Waals surface area contributed by atoms with Gasteiger partial charge in [0.1, 0.15) is 17.3 Å². The van der Waals surface area contributed by atoms with Gasteiger partial charge < -0.3 is 9.94 Å². The molecule has 0 amide bonds. The second-order valence-electron chi connectivity index (χ2n) is 5.09. The molecule has 0 aromatic heterocycles. The number of ether oxygens (including phenoxy) is 1. The van der Waals surface area contributed by atoms with Gasteiger partial charge in [-0.3, -0.25) is 0 Å². The number of alkyl halides is 3. The summed E-state index contributed by atoms with van der Waals surface area (Å²) >= 11 is 8.66. The first-order valence-electron chi connectivity index (χ1n) is 6.85. The van der Waals surface area contributed by atoms with Crippen molar-refractivity contribution in [1.82, 2.24) is 0 Å². The summed E-state index contributed by atoms with van der Waals surface area (Å²) in [6.45, 7) is 1.10. The summed E-state index contributed by atoms with van der Waals surface area (Å²) < 4.78 is 81.0. The predicted octanol–water partition coefficient (Wildman–Crippen LogP) is 5.53. The zero-order valence-electron chi connectivity index (χ0n) is 13.2. The van der Waals surface area contributed by atoms with E-state index >= 15 is 0 Å². The number of benzene rings is 2. The van der Waals surface area contributed by atoms with E-state index in [1.165, 1.54) is 6.07 Å². The molecule has 0 aliphatic carbocycles. The topological polar surface area (TPSA) is 76.0 Å². The molecule has 0 spiro atoms. The summed E-state index contributed by atoms with van der Waals surface area (Å²) in [6, 6.07) is 4.80. The van der Waals surface area contributed by atoms with Gasteiger partial charge >= 0.3 is 5.51 Å². The Balaban J connectivity index is 2.68. The van der Waals surface area contributed by atoms with Crippen LogP contribution in [-0.4, -0.2) is 24.8 Å². The van der Waals surface area contributed by atoms with Crippen LogP contribution in [0.25, 0.3) is 0 Å². The van der Waals surface area contributed by atoms with E-state index in [-0.39, 0.29) is 21.0 Å². The van der Waals surface area contributed by atoms with Gasteiger partial charge in [0.25, 0.3) is 9.84 Å². The quantitative estimate of drug-likeness (QED) is 0.265. The molecule has 2 rings (SSSR count). The van der Waals surface area contributed by atoms with Crippen molar-refractivity contribution < 1.29 is 35.9 Å². The number of nitrogens with zero attached hydrogens (tertiary/aromatic N) is 1. The molecule has 0 saturated heterocycles. The van der Waals surface area contributed by atoms with E-state index in [1.54, 1.807) is 0 Å². The average Bonchev–Trinajstić information content (AvgIpc) is 2.53. The van der Waals surface area contributed by atoms with Crippen molar-refractivity contribution in [2.75, 3.05) is 0 Å². The van der Waals surface area contributed by atoms with E-state index < -0.39 is 37.3 Å². The fraction of sp³-hybridized carbons (Fsp3) is 0.133. The monoisotopic (exact) mass is 489 g/mol. The van der Waals surface area contributed by atoms with Crippen molar-refractivity contribution in [3.8, 4) is 11.5 Å². The van der Waals surface area contributed by atoms with Gasteiger partial charge in [-0.15, -0.1) is 0 Å². The molecule has 5 nitrogen and oxygen atoms in total. The number of hydrogen-bond donors (Lipinski definition) is 1. The maximum Gasteiger partial charge on any atom is 0.501 e. The van der Waals surface area contributed by atoms with E-state index in [1.807, 2.05) is 0 Å². The fourth-order valence-corrected chi connectivity index (χ4v) is 4.14. The molecule has 2 aromatic carbocycles. The van der Waals surface area contributed by atoms with Crippen LogP contribution >= 0.6 is 27.5 Å². The maximum atomic E-state index is 13.4. The highest BCUT2D eigenvalue weighted by molar-refractivity contribution is 9.10. The second kappa shape index (κ2) is 7.64. The zero-order valence-corrected chi connectivity index (χ0v) is 16.3. The average molecular weight is 491 g/mol. The molecule has 2 aromatic rings. The fourth-order valence-electron chi connectivity index (χ4n) is 2.07. The Kier molecular flexibility index (Phi) is 6.07. The van der Waals surface area contributed by atoms with Crippen molar-refractivity contribution in [3.05, 3.63) is 51.2 Å². The summed E-state index contributed by atoms with van der Waals surface area (Å²) in [5.41, 5.74) is -6.56. The van der Waals surface area contributed by atoms with E-state index in [2.05, 4.69) is 21.1 Å². The SMILES string of the molecule is C/C(=N\O)c1c(S(=O)(=O)C(F)(F)F)ccc(Oc2cc(F)cc(Cl)c2)c1Br. The smallest absolute Gasteiger partial charge is 0.456 e. The molecule has 0 aliphatic heterocycles. The Hall–Kier alpha value is -1.85. The number of halogens is 6. The molecule has 0 saturated carbocycles. The van der Waals surface area contributed by atoms with Gasteiger partial charge in [0.15, 0.2) is 0 Å². The predicted molar refractivity (Wildman–Crippen MR) is 92.9 cm³/mol. The molecule has 1 N–H and O–H groups in total. The molecule has 146 valence electrons. The molecular formula is C15H9BrClF4NO4S. The van der Waals surface area contributed by atoms with E-state index in [0.29, 0.717) is 6.07 Å². The third-order valence-corrected chi connectivity index (χ3v) is 5.77. The Bertz CT molecular complexity index is 1000. The maximum absolute atomic E-state index is 13.4. The Morgan fingerprint density at radius 2 is 1.89 bits per heavy atom. The molecule has 0 heterocycles. The third-order valence-electron chi connectivity index (χ3n) is 3.24. The molecule has 0 unspecified atom stereocenters. The van der Waals surface area contributed by atoms with Crippen LogP contribution in [0.15, 0.2) is 44.9 Å². The minimum Gasteiger partial charge on any atom is -0.456 e. The van der Waals surface area contributed by atoms with Gasteiger partial charge in [0.2, 0.25) is 0 Å². The molecule has 0 radical (unpaired) electrons. The first-order valence-corrected chi connectivity index (χ1v) is 9.50. The standard InChI is InChI=1S/C15H9BrClF4NO4S/c1-7(22-23)13-12(27(24,25)15(19,20)21)3-2-11(14(13)16)26-10-5-8(17)4-9(18)6-10/h2-6,23H,1H3/b22-7+. The minimum atomic E-state index is -5.75. The highest BCUT2D eigenvalue weighted by atomic mass is 79.9. The molecule has 0 fully saturated rings. The van der Waals surface area contributed by atoms with Crippen LogP contribution in [0.1, 0.15) is 12.5 Å². The van der Waals surface area contributed by atoms with E-state index in [4.69, 9.17) is 21.5 Å². The Morgan fingerprint density at radius 3 is 2.41 bits per heavy atom. The molecule has 12 heteroatoms. The van der Waals surface area contributed by atoms with Gasteiger partial charge in [-0.2, -0.15) is 13.2 Å². The normalized spacial score (nSPS) is 12.9. The summed E-state index contributed by atoms with van der Waals surface area (Å²) in [5, 5.41) is 11.7. The summed E-state index contributed by atoms with van der Waals surface area (Å²) in [7, 11) is -5.75. The Labute approximate surface area is 164 Å².